The second-order valence-corrected chi connectivity index (χ2v) is 5.28. The predicted octanol–water partition coefficient (Wildman–Crippen LogP) is 3.01. The van der Waals surface area contributed by atoms with Crippen LogP contribution in [0.1, 0.15) is 29.2 Å². The molecule has 21 heavy (non-hydrogen) atoms. The highest BCUT2D eigenvalue weighted by atomic mass is 16.5. The first-order chi connectivity index (χ1) is 10.3. The van der Waals surface area contributed by atoms with Gasteiger partial charge >= 0.3 is 0 Å². The Bertz CT molecular complexity index is 628. The van der Waals surface area contributed by atoms with Gasteiger partial charge in [0.05, 0.1) is 13.7 Å². The zero-order chi connectivity index (χ0) is 14.7. The summed E-state index contributed by atoms with van der Waals surface area (Å²) in [5, 5.41) is 3.62. The Hall–Kier alpha value is -2.07. The average Bonchev–Trinajstić information content (AvgIpc) is 2.53. The second-order valence-electron chi connectivity index (χ2n) is 5.28. The van der Waals surface area contributed by atoms with Crippen LogP contribution in [0.2, 0.25) is 0 Å². The Balaban J connectivity index is 1.77. The number of aryl methyl sites for hydroxylation is 1. The zero-order valence-corrected chi connectivity index (χ0v) is 12.4. The van der Waals surface area contributed by atoms with E-state index in [1.54, 1.807) is 7.11 Å². The van der Waals surface area contributed by atoms with Crippen LogP contribution in [0.15, 0.2) is 36.7 Å². The molecule has 1 unspecified atom stereocenters. The molecule has 1 aliphatic rings. The smallest absolute Gasteiger partial charge is 0.124 e. The summed E-state index contributed by atoms with van der Waals surface area (Å²) in [6.45, 7) is 3.66. The molecule has 2 aromatic rings. The van der Waals surface area contributed by atoms with Gasteiger partial charge in [-0.15, -0.1) is 0 Å². The van der Waals surface area contributed by atoms with Gasteiger partial charge in [-0.1, -0.05) is 0 Å². The molecule has 0 amide bonds. The van der Waals surface area contributed by atoms with Gasteiger partial charge in [0.25, 0.3) is 0 Å². The van der Waals surface area contributed by atoms with Crippen LogP contribution in [-0.4, -0.2) is 18.7 Å². The minimum atomic E-state index is 0.288. The molecular weight excluding hydrogens is 264 g/mol. The maximum absolute atomic E-state index is 5.72. The largest absolute Gasteiger partial charge is 0.497 e. The zero-order valence-electron chi connectivity index (χ0n) is 12.4. The summed E-state index contributed by atoms with van der Waals surface area (Å²) >= 11 is 0. The summed E-state index contributed by atoms with van der Waals surface area (Å²) < 4.78 is 11.0. The molecule has 0 saturated heterocycles. The molecule has 1 N–H and O–H groups in total. The van der Waals surface area contributed by atoms with Crippen LogP contribution in [0.5, 0.6) is 11.5 Å². The molecule has 0 bridgehead atoms. The fraction of sp³-hybridized carbons (Fsp3) is 0.353. The van der Waals surface area contributed by atoms with Gasteiger partial charge in [-0.2, -0.15) is 0 Å². The van der Waals surface area contributed by atoms with Crippen molar-refractivity contribution in [2.75, 3.05) is 13.7 Å². The lowest BCUT2D eigenvalue weighted by Crippen LogP contribution is -2.27. The summed E-state index contributed by atoms with van der Waals surface area (Å²) in [5.74, 6) is 1.82. The molecule has 1 aliphatic heterocycles. The first kappa shape index (κ1) is 13.9. The van der Waals surface area contributed by atoms with Gasteiger partial charge in [-0.05, 0) is 42.3 Å². The maximum Gasteiger partial charge on any atom is 0.124 e. The third-order valence-electron chi connectivity index (χ3n) is 3.93. The molecule has 0 saturated carbocycles. The highest BCUT2D eigenvalue weighted by Crippen LogP contribution is 2.34. The van der Waals surface area contributed by atoms with Crippen LogP contribution in [0.4, 0.5) is 0 Å². The van der Waals surface area contributed by atoms with E-state index in [4.69, 9.17) is 9.47 Å². The first-order valence-electron chi connectivity index (χ1n) is 7.21. The number of benzene rings is 1. The Labute approximate surface area is 125 Å². The number of rotatable bonds is 4. The third kappa shape index (κ3) is 3.00. The number of nitrogens with zero attached hydrogens (tertiary/aromatic N) is 1. The van der Waals surface area contributed by atoms with Gasteiger partial charge in [0.2, 0.25) is 0 Å². The van der Waals surface area contributed by atoms with Crippen molar-refractivity contribution in [2.45, 2.75) is 25.9 Å². The predicted molar refractivity (Wildman–Crippen MR) is 81.7 cm³/mol. The molecule has 110 valence electrons. The standard InChI is InChI=1S/C17H20N2O2/c1-12-10-18-7-5-13(12)11-19-16-6-8-21-17-4-3-14(20-2)9-15(16)17/h3-5,7,9-10,16,19H,6,8,11H2,1-2H3. The Morgan fingerprint density at radius 2 is 2.29 bits per heavy atom. The van der Waals surface area contributed by atoms with E-state index in [0.717, 1.165) is 31.1 Å². The Morgan fingerprint density at radius 1 is 1.38 bits per heavy atom. The molecule has 3 rings (SSSR count). The van der Waals surface area contributed by atoms with Gasteiger partial charge in [0.1, 0.15) is 11.5 Å². The Morgan fingerprint density at radius 3 is 3.10 bits per heavy atom. The number of hydrogen-bond acceptors (Lipinski definition) is 4. The van der Waals surface area contributed by atoms with E-state index < -0.39 is 0 Å². The number of aromatic nitrogens is 1. The molecule has 1 atom stereocenters. The van der Waals surface area contributed by atoms with Crippen molar-refractivity contribution in [3.05, 3.63) is 53.3 Å². The van der Waals surface area contributed by atoms with Crippen molar-refractivity contribution in [3.8, 4) is 11.5 Å². The highest BCUT2D eigenvalue weighted by molar-refractivity contribution is 5.43. The molecule has 0 fully saturated rings. The van der Waals surface area contributed by atoms with E-state index in [0.29, 0.717) is 0 Å². The summed E-state index contributed by atoms with van der Waals surface area (Å²) in [5.41, 5.74) is 3.66. The van der Waals surface area contributed by atoms with E-state index >= 15 is 0 Å². The third-order valence-corrected chi connectivity index (χ3v) is 3.93. The van der Waals surface area contributed by atoms with Crippen molar-refractivity contribution in [1.29, 1.82) is 0 Å². The first-order valence-corrected chi connectivity index (χ1v) is 7.21. The topological polar surface area (TPSA) is 43.4 Å². The van der Waals surface area contributed by atoms with Gasteiger partial charge in [0, 0.05) is 37.0 Å². The van der Waals surface area contributed by atoms with Crippen LogP contribution in [0.3, 0.4) is 0 Å². The number of pyridine rings is 1. The lowest BCUT2D eigenvalue weighted by molar-refractivity contribution is 0.251. The van der Waals surface area contributed by atoms with Crippen LogP contribution in [0, 0.1) is 6.92 Å². The molecule has 1 aromatic carbocycles. The second kappa shape index (κ2) is 6.14. The van der Waals surface area contributed by atoms with Crippen molar-refractivity contribution in [2.24, 2.45) is 0 Å². The molecular formula is C17H20N2O2. The summed E-state index contributed by atoms with van der Waals surface area (Å²) in [6.07, 6.45) is 4.70. The summed E-state index contributed by atoms with van der Waals surface area (Å²) in [6, 6.07) is 8.34. The number of nitrogens with one attached hydrogen (secondary N) is 1. The number of methoxy groups -OCH3 is 1. The van der Waals surface area contributed by atoms with Crippen molar-refractivity contribution < 1.29 is 9.47 Å². The monoisotopic (exact) mass is 284 g/mol. The van der Waals surface area contributed by atoms with Gasteiger partial charge in [-0.25, -0.2) is 0 Å². The molecule has 2 heterocycles. The van der Waals surface area contributed by atoms with E-state index in [2.05, 4.69) is 29.4 Å². The number of ether oxygens (including phenoxy) is 2. The SMILES string of the molecule is COc1ccc2c(c1)C(NCc1ccncc1C)CCO2. The fourth-order valence-corrected chi connectivity index (χ4v) is 2.65. The molecule has 4 heteroatoms. The van der Waals surface area contributed by atoms with Gasteiger partial charge in [-0.3, -0.25) is 4.98 Å². The van der Waals surface area contributed by atoms with Crippen molar-refractivity contribution >= 4 is 0 Å². The minimum Gasteiger partial charge on any atom is -0.497 e. The Kier molecular flexibility index (Phi) is 4.06. The van der Waals surface area contributed by atoms with Crippen LogP contribution >= 0.6 is 0 Å². The maximum atomic E-state index is 5.72. The number of hydrogen-bond donors (Lipinski definition) is 1. The fourth-order valence-electron chi connectivity index (χ4n) is 2.65. The lowest BCUT2D eigenvalue weighted by Gasteiger charge is -2.27. The quantitative estimate of drug-likeness (QED) is 0.937. The van der Waals surface area contributed by atoms with Gasteiger partial charge < -0.3 is 14.8 Å². The molecule has 0 radical (unpaired) electrons. The number of fused-ring (bicyclic) bond motifs is 1. The normalized spacial score (nSPS) is 17.0. The van der Waals surface area contributed by atoms with Crippen LogP contribution < -0.4 is 14.8 Å². The van der Waals surface area contributed by atoms with Crippen molar-refractivity contribution in [1.82, 2.24) is 10.3 Å². The van der Waals surface area contributed by atoms with Crippen molar-refractivity contribution in [3.63, 3.8) is 0 Å². The molecule has 4 nitrogen and oxygen atoms in total. The highest BCUT2D eigenvalue weighted by Gasteiger charge is 2.21. The van der Waals surface area contributed by atoms with Crippen LogP contribution in [-0.2, 0) is 6.54 Å². The average molecular weight is 284 g/mol. The van der Waals surface area contributed by atoms with E-state index in [-0.39, 0.29) is 6.04 Å². The van der Waals surface area contributed by atoms with E-state index in [1.165, 1.54) is 16.7 Å². The van der Waals surface area contributed by atoms with E-state index in [9.17, 15) is 0 Å². The summed E-state index contributed by atoms with van der Waals surface area (Å²) in [7, 11) is 1.69. The lowest BCUT2D eigenvalue weighted by atomic mass is 9.99. The molecule has 0 aliphatic carbocycles. The molecule has 1 aromatic heterocycles. The van der Waals surface area contributed by atoms with Crippen LogP contribution in [0.25, 0.3) is 0 Å². The minimum absolute atomic E-state index is 0.288. The van der Waals surface area contributed by atoms with Gasteiger partial charge in [0.15, 0.2) is 0 Å². The van der Waals surface area contributed by atoms with E-state index in [1.807, 2.05) is 24.5 Å². The molecule has 0 spiro atoms. The summed E-state index contributed by atoms with van der Waals surface area (Å²) in [4.78, 5) is 4.13.